The minimum Gasteiger partial charge on any atom is -0.743 e. The summed E-state index contributed by atoms with van der Waals surface area (Å²) in [6.45, 7) is 1.36. The molecule has 0 fully saturated rings. The minimum atomic E-state index is -5.87. The van der Waals surface area contributed by atoms with Crippen molar-refractivity contribution in [3.63, 3.8) is 0 Å². The Bertz CT molecular complexity index is 458. The quantitative estimate of drug-likeness (QED) is 0.265. The van der Waals surface area contributed by atoms with Crippen LogP contribution in [-0.2, 0) is 29.2 Å². The first-order valence-corrected chi connectivity index (χ1v) is 6.79. The fraction of sp³-hybridized carbons (Fsp3) is 0.600. The standard InChI is InChI=1S/C10H14F2O7S/c1-2-8(13)18-6-4-3-5-9(14)19-7-10(11,12)20(15,16)17/h2H,1,3-7H2,(H,15,16,17)/p-1. The summed E-state index contributed by atoms with van der Waals surface area (Å²) in [5.41, 5.74) is 0. The van der Waals surface area contributed by atoms with Gasteiger partial charge < -0.3 is 14.0 Å². The van der Waals surface area contributed by atoms with E-state index >= 15 is 0 Å². The summed E-state index contributed by atoms with van der Waals surface area (Å²) < 4.78 is 64.1. The Kier molecular flexibility index (Phi) is 7.29. The molecular formula is C10H13F2O7S-. The van der Waals surface area contributed by atoms with Crippen LogP contribution in [0, 0.1) is 0 Å². The number of esters is 2. The lowest BCUT2D eigenvalue weighted by molar-refractivity contribution is -0.149. The van der Waals surface area contributed by atoms with Crippen LogP contribution in [0.3, 0.4) is 0 Å². The van der Waals surface area contributed by atoms with Gasteiger partial charge >= 0.3 is 17.2 Å². The van der Waals surface area contributed by atoms with E-state index in [9.17, 15) is 31.3 Å². The van der Waals surface area contributed by atoms with Crippen LogP contribution in [0.5, 0.6) is 0 Å². The lowest BCUT2D eigenvalue weighted by Crippen LogP contribution is -2.34. The third-order valence-corrected chi connectivity index (χ3v) is 2.80. The molecule has 0 bridgehead atoms. The molecule has 0 aliphatic rings. The van der Waals surface area contributed by atoms with E-state index < -0.39 is 33.9 Å². The van der Waals surface area contributed by atoms with Crippen LogP contribution in [0.15, 0.2) is 12.7 Å². The molecule has 0 aliphatic heterocycles. The zero-order valence-corrected chi connectivity index (χ0v) is 11.2. The SMILES string of the molecule is C=CC(=O)OCCCCC(=O)OCC(F)(F)S(=O)(=O)[O-]. The predicted octanol–water partition coefficient (Wildman–Crippen LogP) is 0.567. The predicted molar refractivity (Wildman–Crippen MR) is 60.6 cm³/mol. The van der Waals surface area contributed by atoms with E-state index in [2.05, 4.69) is 16.1 Å². The highest BCUT2D eigenvalue weighted by atomic mass is 32.2. The normalized spacial score (nSPS) is 11.8. The number of alkyl halides is 2. The molecule has 0 aromatic rings. The molecule has 20 heavy (non-hydrogen) atoms. The van der Waals surface area contributed by atoms with Crippen LogP contribution in [0.25, 0.3) is 0 Å². The zero-order valence-electron chi connectivity index (χ0n) is 10.3. The maximum absolute atomic E-state index is 12.6. The molecule has 0 N–H and O–H groups in total. The van der Waals surface area contributed by atoms with Gasteiger partial charge in [-0.2, -0.15) is 8.78 Å². The molecule has 10 heteroatoms. The number of rotatable bonds is 9. The van der Waals surface area contributed by atoms with Crippen LogP contribution in [0.1, 0.15) is 19.3 Å². The monoisotopic (exact) mass is 315 g/mol. The fourth-order valence-corrected chi connectivity index (χ4v) is 1.12. The van der Waals surface area contributed by atoms with Crippen LogP contribution in [-0.4, -0.2) is 43.4 Å². The maximum atomic E-state index is 12.6. The van der Waals surface area contributed by atoms with Crippen molar-refractivity contribution in [2.24, 2.45) is 0 Å². The van der Waals surface area contributed by atoms with Gasteiger partial charge in [-0.05, 0) is 12.8 Å². The molecule has 0 saturated heterocycles. The molecule has 0 atom stereocenters. The number of carbonyl (C=O) groups is 2. The first-order valence-electron chi connectivity index (χ1n) is 5.38. The van der Waals surface area contributed by atoms with Gasteiger partial charge in [-0.1, -0.05) is 6.58 Å². The smallest absolute Gasteiger partial charge is 0.367 e. The largest absolute Gasteiger partial charge is 0.743 e. The molecule has 0 aromatic carbocycles. The van der Waals surface area contributed by atoms with Crippen molar-refractivity contribution < 1.29 is 40.8 Å². The summed E-state index contributed by atoms with van der Waals surface area (Å²) in [6.07, 6.45) is 1.14. The Balaban J connectivity index is 3.86. The molecular weight excluding hydrogens is 302 g/mol. The Hall–Kier alpha value is -1.55. The van der Waals surface area contributed by atoms with E-state index in [-0.39, 0.29) is 25.9 Å². The van der Waals surface area contributed by atoms with E-state index in [1.807, 2.05) is 0 Å². The van der Waals surface area contributed by atoms with Crippen molar-refractivity contribution in [3.8, 4) is 0 Å². The summed E-state index contributed by atoms with van der Waals surface area (Å²) in [5, 5.41) is -4.65. The zero-order chi connectivity index (χ0) is 15.8. The molecule has 116 valence electrons. The van der Waals surface area contributed by atoms with Crippen LogP contribution < -0.4 is 0 Å². The Morgan fingerprint density at radius 1 is 1.25 bits per heavy atom. The van der Waals surface area contributed by atoms with E-state index in [1.165, 1.54) is 0 Å². The Labute approximate surface area is 114 Å². The molecule has 0 saturated carbocycles. The molecule has 0 amide bonds. The number of hydrogen-bond acceptors (Lipinski definition) is 7. The topological polar surface area (TPSA) is 110 Å². The average molecular weight is 315 g/mol. The van der Waals surface area contributed by atoms with Crippen molar-refractivity contribution in [2.45, 2.75) is 24.5 Å². The lowest BCUT2D eigenvalue weighted by Gasteiger charge is -2.19. The number of carbonyl (C=O) groups excluding carboxylic acids is 2. The van der Waals surface area contributed by atoms with Gasteiger partial charge in [-0.25, -0.2) is 13.2 Å². The van der Waals surface area contributed by atoms with Crippen molar-refractivity contribution in [2.75, 3.05) is 13.2 Å². The third-order valence-electron chi connectivity index (χ3n) is 1.95. The molecule has 0 heterocycles. The summed E-state index contributed by atoms with van der Waals surface area (Å²) in [5.74, 6) is -1.71. The summed E-state index contributed by atoms with van der Waals surface area (Å²) in [4.78, 5) is 21.6. The molecule has 0 spiro atoms. The van der Waals surface area contributed by atoms with Crippen molar-refractivity contribution in [1.82, 2.24) is 0 Å². The van der Waals surface area contributed by atoms with Gasteiger partial charge in [-0.15, -0.1) is 0 Å². The van der Waals surface area contributed by atoms with E-state index in [0.717, 1.165) is 6.08 Å². The summed E-state index contributed by atoms with van der Waals surface area (Å²) in [6, 6.07) is 0. The molecule has 0 aromatic heterocycles. The van der Waals surface area contributed by atoms with Crippen LogP contribution >= 0.6 is 0 Å². The molecule has 0 radical (unpaired) electrons. The summed E-state index contributed by atoms with van der Waals surface area (Å²) in [7, 11) is -5.87. The second-order valence-corrected chi connectivity index (χ2v) is 5.09. The Morgan fingerprint density at radius 2 is 1.85 bits per heavy atom. The van der Waals surface area contributed by atoms with Crippen LogP contribution in [0.2, 0.25) is 0 Å². The Morgan fingerprint density at radius 3 is 2.35 bits per heavy atom. The van der Waals surface area contributed by atoms with Gasteiger partial charge in [0.05, 0.1) is 6.61 Å². The number of ether oxygens (including phenoxy) is 2. The fourth-order valence-electron chi connectivity index (χ4n) is 0.912. The summed E-state index contributed by atoms with van der Waals surface area (Å²) >= 11 is 0. The highest BCUT2D eigenvalue weighted by Gasteiger charge is 2.39. The van der Waals surface area contributed by atoms with E-state index in [1.54, 1.807) is 0 Å². The van der Waals surface area contributed by atoms with Crippen molar-refractivity contribution in [3.05, 3.63) is 12.7 Å². The maximum Gasteiger partial charge on any atom is 0.367 e. The third kappa shape index (κ3) is 7.14. The van der Waals surface area contributed by atoms with E-state index in [4.69, 9.17) is 0 Å². The molecule has 7 nitrogen and oxygen atoms in total. The minimum absolute atomic E-state index is 0.0171. The van der Waals surface area contributed by atoms with Gasteiger partial charge in [-0.3, -0.25) is 4.79 Å². The van der Waals surface area contributed by atoms with Gasteiger partial charge in [0.15, 0.2) is 16.7 Å². The number of halogens is 2. The van der Waals surface area contributed by atoms with Gasteiger partial charge in [0.1, 0.15) is 0 Å². The van der Waals surface area contributed by atoms with E-state index in [0.29, 0.717) is 0 Å². The lowest BCUT2D eigenvalue weighted by atomic mass is 10.2. The second-order valence-electron chi connectivity index (χ2n) is 3.58. The van der Waals surface area contributed by atoms with Crippen LogP contribution in [0.4, 0.5) is 8.78 Å². The highest BCUT2D eigenvalue weighted by Crippen LogP contribution is 2.20. The second kappa shape index (κ2) is 7.90. The highest BCUT2D eigenvalue weighted by molar-refractivity contribution is 7.86. The molecule has 0 unspecified atom stereocenters. The van der Waals surface area contributed by atoms with Gasteiger partial charge in [0.2, 0.25) is 0 Å². The number of hydrogen-bond donors (Lipinski definition) is 0. The van der Waals surface area contributed by atoms with Gasteiger partial charge in [0, 0.05) is 12.5 Å². The first-order chi connectivity index (χ1) is 9.10. The van der Waals surface area contributed by atoms with Crippen molar-refractivity contribution >= 4 is 22.1 Å². The molecule has 0 aliphatic carbocycles. The average Bonchev–Trinajstić information content (AvgIpc) is 2.34. The van der Waals surface area contributed by atoms with Crippen molar-refractivity contribution in [1.29, 1.82) is 0 Å². The van der Waals surface area contributed by atoms with Gasteiger partial charge in [0.25, 0.3) is 0 Å². The molecule has 0 rings (SSSR count). The first kappa shape index (κ1) is 18.4. The number of unbranched alkanes of at least 4 members (excludes halogenated alkanes) is 1.